The Balaban J connectivity index is 2.49. The Morgan fingerprint density at radius 1 is 1.19 bits per heavy atom. The van der Waals surface area contributed by atoms with Gasteiger partial charge >= 0.3 is 0 Å². The van der Waals surface area contributed by atoms with Gasteiger partial charge in [-0.2, -0.15) is 0 Å². The molecule has 0 fully saturated rings. The number of hydroxylamine groups is 2. The SMILES string of the molecule is CCCC(C)(CC)CCN(O)C(=O)Cc1ccc(O)cc1. The van der Waals surface area contributed by atoms with Crippen LogP contribution in [0.1, 0.15) is 52.0 Å². The number of rotatable bonds is 8. The number of phenols is 1. The Morgan fingerprint density at radius 2 is 1.81 bits per heavy atom. The van der Waals surface area contributed by atoms with Crippen molar-refractivity contribution in [2.75, 3.05) is 6.54 Å². The van der Waals surface area contributed by atoms with Crippen LogP contribution in [0, 0.1) is 5.41 Å². The quantitative estimate of drug-likeness (QED) is 0.566. The first-order valence-corrected chi connectivity index (χ1v) is 7.67. The third-order valence-corrected chi connectivity index (χ3v) is 4.21. The highest BCUT2D eigenvalue weighted by Gasteiger charge is 2.23. The van der Waals surface area contributed by atoms with Crippen LogP contribution in [0.15, 0.2) is 24.3 Å². The lowest BCUT2D eigenvalue weighted by Gasteiger charge is -2.29. The first-order chi connectivity index (χ1) is 9.90. The van der Waals surface area contributed by atoms with E-state index in [1.54, 1.807) is 24.3 Å². The maximum atomic E-state index is 12.0. The van der Waals surface area contributed by atoms with Crippen LogP contribution in [0.2, 0.25) is 0 Å². The van der Waals surface area contributed by atoms with E-state index in [2.05, 4.69) is 20.8 Å². The lowest BCUT2D eigenvalue weighted by molar-refractivity contribution is -0.166. The fourth-order valence-corrected chi connectivity index (χ4v) is 2.46. The molecule has 0 aliphatic rings. The van der Waals surface area contributed by atoms with Gasteiger partial charge in [0.15, 0.2) is 0 Å². The zero-order valence-corrected chi connectivity index (χ0v) is 13.3. The van der Waals surface area contributed by atoms with Gasteiger partial charge < -0.3 is 5.11 Å². The lowest BCUT2D eigenvalue weighted by Crippen LogP contribution is -2.33. The monoisotopic (exact) mass is 293 g/mol. The van der Waals surface area contributed by atoms with Gasteiger partial charge in [0.1, 0.15) is 5.75 Å². The number of hydrogen-bond acceptors (Lipinski definition) is 3. The number of phenolic OH excluding ortho intramolecular Hbond substituents is 1. The predicted octanol–water partition coefficient (Wildman–Crippen LogP) is 3.76. The fourth-order valence-electron chi connectivity index (χ4n) is 2.46. The highest BCUT2D eigenvalue weighted by molar-refractivity contribution is 5.77. The summed E-state index contributed by atoms with van der Waals surface area (Å²) in [6.45, 7) is 6.87. The number of aromatic hydroxyl groups is 1. The molecule has 0 saturated carbocycles. The summed E-state index contributed by atoms with van der Waals surface area (Å²) in [7, 11) is 0. The Morgan fingerprint density at radius 3 is 2.33 bits per heavy atom. The average molecular weight is 293 g/mol. The molecule has 0 aromatic heterocycles. The van der Waals surface area contributed by atoms with Crippen molar-refractivity contribution in [3.8, 4) is 5.75 Å². The fraction of sp³-hybridized carbons (Fsp3) is 0.588. The number of benzene rings is 1. The Bertz CT molecular complexity index is 444. The maximum Gasteiger partial charge on any atom is 0.250 e. The second-order valence-corrected chi connectivity index (χ2v) is 6.02. The van der Waals surface area contributed by atoms with E-state index >= 15 is 0 Å². The largest absolute Gasteiger partial charge is 0.508 e. The van der Waals surface area contributed by atoms with Crippen molar-refractivity contribution in [2.24, 2.45) is 5.41 Å². The van der Waals surface area contributed by atoms with Crippen molar-refractivity contribution in [1.82, 2.24) is 5.06 Å². The smallest absolute Gasteiger partial charge is 0.250 e. The second-order valence-electron chi connectivity index (χ2n) is 6.02. The second kappa shape index (κ2) is 8.03. The van der Waals surface area contributed by atoms with Crippen LogP contribution in [-0.4, -0.2) is 27.8 Å². The van der Waals surface area contributed by atoms with E-state index < -0.39 is 0 Å². The van der Waals surface area contributed by atoms with E-state index in [1.807, 2.05) is 0 Å². The van der Waals surface area contributed by atoms with Gasteiger partial charge in [-0.15, -0.1) is 0 Å². The van der Waals surface area contributed by atoms with Gasteiger partial charge in [-0.25, -0.2) is 5.06 Å². The zero-order chi connectivity index (χ0) is 15.9. The summed E-state index contributed by atoms with van der Waals surface area (Å²) in [5, 5.41) is 19.9. The number of nitrogens with zero attached hydrogens (tertiary/aromatic N) is 1. The standard InChI is InChI=1S/C17H27NO3/c1-4-10-17(3,5-2)11-12-18(21)16(20)13-14-6-8-15(19)9-7-14/h6-9,19,21H,4-5,10-13H2,1-3H3. The Labute approximate surface area is 127 Å². The molecule has 0 bridgehead atoms. The first kappa shape index (κ1) is 17.5. The van der Waals surface area contributed by atoms with Gasteiger partial charge in [-0.05, 0) is 36.0 Å². The molecule has 1 atom stereocenters. The number of hydrogen-bond donors (Lipinski definition) is 2. The van der Waals surface area contributed by atoms with Gasteiger partial charge in [-0.3, -0.25) is 10.0 Å². The van der Waals surface area contributed by atoms with Crippen LogP contribution in [-0.2, 0) is 11.2 Å². The third-order valence-electron chi connectivity index (χ3n) is 4.21. The van der Waals surface area contributed by atoms with Crippen molar-refractivity contribution < 1.29 is 15.1 Å². The van der Waals surface area contributed by atoms with Crippen LogP contribution < -0.4 is 0 Å². The van der Waals surface area contributed by atoms with Crippen LogP contribution in [0.5, 0.6) is 5.75 Å². The molecule has 2 N–H and O–H groups in total. The highest BCUT2D eigenvalue weighted by Crippen LogP contribution is 2.31. The molecule has 0 radical (unpaired) electrons. The van der Waals surface area contributed by atoms with E-state index in [0.29, 0.717) is 6.54 Å². The molecule has 4 heteroatoms. The van der Waals surface area contributed by atoms with Crippen molar-refractivity contribution in [2.45, 2.75) is 52.9 Å². The van der Waals surface area contributed by atoms with Crippen molar-refractivity contribution >= 4 is 5.91 Å². The summed E-state index contributed by atoms with van der Waals surface area (Å²) in [6.07, 6.45) is 4.20. The first-order valence-electron chi connectivity index (χ1n) is 7.67. The summed E-state index contributed by atoms with van der Waals surface area (Å²) in [5.74, 6) is -0.138. The molecule has 118 valence electrons. The van der Waals surface area contributed by atoms with Crippen LogP contribution in [0.3, 0.4) is 0 Å². The van der Waals surface area contributed by atoms with Gasteiger partial charge in [0.25, 0.3) is 0 Å². The molecule has 1 unspecified atom stereocenters. The molecule has 0 aliphatic carbocycles. The zero-order valence-electron chi connectivity index (χ0n) is 13.3. The van der Waals surface area contributed by atoms with Crippen LogP contribution in [0.25, 0.3) is 0 Å². The van der Waals surface area contributed by atoms with Gasteiger partial charge in [0.2, 0.25) is 5.91 Å². The number of carbonyl (C=O) groups is 1. The number of carbonyl (C=O) groups excluding carboxylic acids is 1. The summed E-state index contributed by atoms with van der Waals surface area (Å²) < 4.78 is 0. The van der Waals surface area contributed by atoms with Crippen molar-refractivity contribution in [3.63, 3.8) is 0 Å². The van der Waals surface area contributed by atoms with E-state index in [0.717, 1.165) is 36.3 Å². The average Bonchev–Trinajstić information content (AvgIpc) is 2.47. The molecular weight excluding hydrogens is 266 g/mol. The number of amides is 1. The maximum absolute atomic E-state index is 12.0. The molecule has 0 aliphatic heterocycles. The molecule has 0 heterocycles. The van der Waals surface area contributed by atoms with Crippen molar-refractivity contribution in [1.29, 1.82) is 0 Å². The predicted molar refractivity (Wildman–Crippen MR) is 83.2 cm³/mol. The molecule has 0 spiro atoms. The molecule has 4 nitrogen and oxygen atoms in total. The van der Waals surface area contributed by atoms with Gasteiger partial charge in [-0.1, -0.05) is 45.7 Å². The molecule has 0 saturated heterocycles. The van der Waals surface area contributed by atoms with E-state index in [1.165, 1.54) is 0 Å². The molecular formula is C17H27NO3. The van der Waals surface area contributed by atoms with E-state index in [-0.39, 0.29) is 23.5 Å². The third kappa shape index (κ3) is 5.76. The summed E-state index contributed by atoms with van der Waals surface area (Å²) in [5.41, 5.74) is 0.956. The van der Waals surface area contributed by atoms with Crippen LogP contribution in [0.4, 0.5) is 0 Å². The van der Waals surface area contributed by atoms with Crippen LogP contribution >= 0.6 is 0 Å². The molecule has 1 aromatic rings. The molecule has 21 heavy (non-hydrogen) atoms. The molecule has 1 aromatic carbocycles. The Hall–Kier alpha value is -1.55. The Kier molecular flexibility index (Phi) is 6.69. The minimum Gasteiger partial charge on any atom is -0.508 e. The lowest BCUT2D eigenvalue weighted by atomic mass is 9.80. The summed E-state index contributed by atoms with van der Waals surface area (Å²) >= 11 is 0. The molecule has 1 rings (SSSR count). The van der Waals surface area contributed by atoms with Gasteiger partial charge in [0, 0.05) is 6.54 Å². The summed E-state index contributed by atoms with van der Waals surface area (Å²) in [6, 6.07) is 6.46. The minimum atomic E-state index is -0.310. The van der Waals surface area contributed by atoms with E-state index in [4.69, 9.17) is 0 Å². The minimum absolute atomic E-state index is 0.146. The normalized spacial score (nSPS) is 13.7. The molecule has 1 amide bonds. The summed E-state index contributed by atoms with van der Waals surface area (Å²) in [4.78, 5) is 12.0. The van der Waals surface area contributed by atoms with Gasteiger partial charge in [0.05, 0.1) is 6.42 Å². The van der Waals surface area contributed by atoms with Crippen molar-refractivity contribution in [3.05, 3.63) is 29.8 Å². The topological polar surface area (TPSA) is 60.8 Å². The van der Waals surface area contributed by atoms with E-state index in [9.17, 15) is 15.1 Å². The highest BCUT2D eigenvalue weighted by atomic mass is 16.5.